The van der Waals surface area contributed by atoms with E-state index in [0.717, 1.165) is 15.3 Å². The van der Waals surface area contributed by atoms with Gasteiger partial charge < -0.3 is 19.1 Å². The summed E-state index contributed by atoms with van der Waals surface area (Å²) in [6, 6.07) is 6.29. The number of benzene rings is 1. The molecule has 3 unspecified atom stereocenters. The molecule has 0 saturated heterocycles. The average molecular weight is 576 g/mol. The lowest BCUT2D eigenvalue weighted by Gasteiger charge is -2.54. The van der Waals surface area contributed by atoms with Crippen LogP contribution in [-0.2, 0) is 9.30 Å². The molecule has 0 saturated carbocycles. The molecule has 1 aromatic heterocycles. The average Bonchev–Trinajstić information content (AvgIpc) is 3.37. The normalized spacial score (nSPS) is 20.7. The third kappa shape index (κ3) is 5.84. The number of rotatable bonds is 10. The molecule has 1 aromatic carbocycles. The van der Waals surface area contributed by atoms with Gasteiger partial charge in [0.2, 0.25) is 0 Å². The van der Waals surface area contributed by atoms with Gasteiger partial charge in [-0.1, -0.05) is 30.3 Å². The van der Waals surface area contributed by atoms with E-state index >= 15 is 0 Å². The second-order valence-electron chi connectivity index (χ2n) is 9.74. The number of fused-ring (bicyclic) bond motifs is 1. The molecule has 39 heavy (non-hydrogen) atoms. The number of carbonyl (C=O) groups excluding carboxylic acids is 2. The van der Waals surface area contributed by atoms with Crippen LogP contribution in [0, 0.1) is 6.92 Å². The lowest BCUT2D eigenvalue weighted by Crippen LogP contribution is -2.57. The Kier molecular flexibility index (Phi) is 8.41. The molecule has 1 aliphatic carbocycles. The largest absolute Gasteiger partial charge is 0.799 e. The van der Waals surface area contributed by atoms with Crippen molar-refractivity contribution in [3.05, 3.63) is 91.8 Å². The van der Waals surface area contributed by atoms with Crippen molar-refractivity contribution in [1.29, 1.82) is 0 Å². The van der Waals surface area contributed by atoms with Crippen molar-refractivity contribution < 1.29 is 28.7 Å². The Balaban J connectivity index is 1.75. The number of nitrogens with zero attached hydrogens (tertiary/aromatic N) is 2. The number of Topliss-reactive ketones (excluding diaryl/α,β-unsaturated/α-hetero) is 1. The predicted octanol–water partition coefficient (Wildman–Crippen LogP) is 1.60. The molecule has 1 aliphatic heterocycles. The summed E-state index contributed by atoms with van der Waals surface area (Å²) in [6.07, 6.45) is 3.71. The van der Waals surface area contributed by atoms with Gasteiger partial charge in [-0.3, -0.25) is 28.6 Å². The van der Waals surface area contributed by atoms with Crippen LogP contribution < -0.4 is 21.0 Å². The monoisotopic (exact) mass is 575 g/mol. The molecule has 13 heteroatoms. The maximum Gasteiger partial charge on any atom is 0.330 e. The van der Waals surface area contributed by atoms with Crippen LogP contribution in [0.4, 0.5) is 0 Å². The zero-order valence-electron chi connectivity index (χ0n) is 21.3. The Hall–Kier alpha value is -2.92. The maximum atomic E-state index is 13.4. The number of ketones is 2. The van der Waals surface area contributed by atoms with Crippen molar-refractivity contribution in [3.8, 4) is 0 Å². The van der Waals surface area contributed by atoms with Crippen LogP contribution in [0.25, 0.3) is 0 Å². The Morgan fingerprint density at radius 1 is 1.13 bits per heavy atom. The van der Waals surface area contributed by atoms with E-state index in [-0.39, 0.29) is 47.5 Å². The summed E-state index contributed by atoms with van der Waals surface area (Å²) in [4.78, 5) is 77.9. The third-order valence-corrected chi connectivity index (χ3v) is 8.51. The molecule has 2 heterocycles. The third-order valence-electron chi connectivity index (χ3n) is 6.99. The minimum atomic E-state index is -5.44. The van der Waals surface area contributed by atoms with E-state index in [1.165, 1.54) is 44.3 Å². The van der Waals surface area contributed by atoms with Crippen molar-refractivity contribution in [1.82, 2.24) is 14.2 Å². The summed E-state index contributed by atoms with van der Waals surface area (Å²) in [5.74, 6) is -0.632. The number of H-pyrrole nitrogens is 1. The molecule has 1 N–H and O–H groups in total. The quantitative estimate of drug-likeness (QED) is 0.192. The maximum absolute atomic E-state index is 13.4. The summed E-state index contributed by atoms with van der Waals surface area (Å²) >= 11 is 5.78. The summed E-state index contributed by atoms with van der Waals surface area (Å²) in [5.41, 5.74) is -2.28. The van der Waals surface area contributed by atoms with E-state index in [1.807, 2.05) is 0 Å². The first-order chi connectivity index (χ1) is 18.4. The second kappa shape index (κ2) is 11.3. The van der Waals surface area contributed by atoms with Gasteiger partial charge in [-0.25, -0.2) is 4.79 Å². The van der Waals surface area contributed by atoms with Gasteiger partial charge in [-0.15, -0.1) is 11.6 Å². The molecule has 3 atom stereocenters. The number of halogens is 1. The molecule has 0 spiro atoms. The van der Waals surface area contributed by atoms with E-state index in [0.29, 0.717) is 6.42 Å². The zero-order valence-corrected chi connectivity index (χ0v) is 22.9. The first kappa shape index (κ1) is 29.1. The molecule has 0 amide bonds. The number of nitrogens with one attached hydrogen (secondary N) is 1. The number of unbranched alkanes of at least 4 members (excludes halogenated alkanes) is 1. The van der Waals surface area contributed by atoms with E-state index in [1.54, 1.807) is 12.1 Å². The SMILES string of the molecule is Cc1cn(C2C=CC(C(C)(CC3=CC(=O)c4ccccc4C3=O)N(CCCCCl)P(=O)([O-])[O-])O2)c(=O)[nH]c1=O. The molecule has 0 fully saturated rings. The number of carbonyl (C=O) groups is 2. The number of hydrogen-bond donors (Lipinski definition) is 1. The van der Waals surface area contributed by atoms with E-state index in [9.17, 15) is 33.5 Å². The van der Waals surface area contributed by atoms with Crippen LogP contribution in [0.1, 0.15) is 58.7 Å². The molecule has 2 aliphatic rings. The predicted molar refractivity (Wildman–Crippen MR) is 140 cm³/mol. The number of allylic oxidation sites excluding steroid dienone is 1. The first-order valence-corrected chi connectivity index (χ1v) is 14.3. The van der Waals surface area contributed by atoms with Gasteiger partial charge in [0, 0.05) is 48.6 Å². The summed E-state index contributed by atoms with van der Waals surface area (Å²) in [5, 5.41) is 0. The Bertz CT molecular complexity index is 1520. The highest BCUT2D eigenvalue weighted by atomic mass is 35.5. The Morgan fingerprint density at radius 2 is 1.82 bits per heavy atom. The highest BCUT2D eigenvalue weighted by molar-refractivity contribution is 7.46. The van der Waals surface area contributed by atoms with Crippen LogP contribution in [0.2, 0.25) is 0 Å². The molecule has 11 nitrogen and oxygen atoms in total. The zero-order chi connectivity index (χ0) is 28.5. The highest BCUT2D eigenvalue weighted by Gasteiger charge is 2.46. The summed E-state index contributed by atoms with van der Waals surface area (Å²) in [6.45, 7) is 2.78. The fourth-order valence-corrected chi connectivity index (χ4v) is 6.28. The van der Waals surface area contributed by atoms with Crippen molar-refractivity contribution in [2.24, 2.45) is 0 Å². The van der Waals surface area contributed by atoms with Gasteiger partial charge in [-0.05, 0) is 45.3 Å². The minimum Gasteiger partial charge on any atom is -0.799 e. The van der Waals surface area contributed by atoms with Gasteiger partial charge >= 0.3 is 5.69 Å². The van der Waals surface area contributed by atoms with Gasteiger partial charge in [0.1, 0.15) is 0 Å². The lowest BCUT2D eigenvalue weighted by molar-refractivity contribution is -0.334. The molecule has 208 valence electrons. The van der Waals surface area contributed by atoms with Crippen molar-refractivity contribution >= 4 is 30.9 Å². The first-order valence-electron chi connectivity index (χ1n) is 12.3. The van der Waals surface area contributed by atoms with Crippen LogP contribution in [0.5, 0.6) is 0 Å². The molecule has 2 aromatic rings. The van der Waals surface area contributed by atoms with Crippen molar-refractivity contribution in [2.75, 3.05) is 12.4 Å². The van der Waals surface area contributed by atoms with E-state index < -0.39 is 48.4 Å². The van der Waals surface area contributed by atoms with Crippen LogP contribution in [0.15, 0.2) is 63.9 Å². The van der Waals surface area contributed by atoms with E-state index in [4.69, 9.17) is 16.3 Å². The number of aromatic amines is 1. The highest BCUT2D eigenvalue weighted by Crippen LogP contribution is 2.46. The molecular formula is C26H27ClN3O8P-2. The van der Waals surface area contributed by atoms with Gasteiger partial charge in [-0.2, -0.15) is 0 Å². The minimum absolute atomic E-state index is 0.0227. The van der Waals surface area contributed by atoms with Gasteiger partial charge in [0.05, 0.1) is 11.6 Å². The number of alkyl halides is 1. The smallest absolute Gasteiger partial charge is 0.330 e. The second-order valence-corrected chi connectivity index (χ2v) is 11.5. The summed E-state index contributed by atoms with van der Waals surface area (Å²) in [7, 11) is -5.44. The topological polar surface area (TPSA) is 165 Å². The van der Waals surface area contributed by atoms with E-state index in [2.05, 4.69) is 4.98 Å². The van der Waals surface area contributed by atoms with Crippen LogP contribution in [-0.4, -0.2) is 49.9 Å². The van der Waals surface area contributed by atoms with Gasteiger partial charge in [0.15, 0.2) is 17.8 Å². The lowest BCUT2D eigenvalue weighted by atomic mass is 9.80. The fourth-order valence-electron chi connectivity index (χ4n) is 4.96. The van der Waals surface area contributed by atoms with Gasteiger partial charge in [0.25, 0.3) is 5.56 Å². The number of aryl methyl sites for hydroxylation is 1. The Labute approximate surface area is 229 Å². The summed E-state index contributed by atoms with van der Waals surface area (Å²) < 4.78 is 20.6. The Morgan fingerprint density at radius 3 is 2.49 bits per heavy atom. The standard InChI is InChI=1S/C26H29ClN3O8P/c1-16-15-29(25(34)28-24(16)33)22-10-9-21(38-22)26(2,30(39(35,36)37)12-6-5-11-27)14-17-13-20(31)18-7-3-4-8-19(18)23(17)32/h3-4,7-10,13,15,21-22H,5-6,11-12,14H2,1-2H3,(H,28,33,34)(H2,35,36,37)/p-2. The number of aromatic nitrogens is 2. The molecule has 0 radical (unpaired) electrons. The fraction of sp³-hybridized carbons (Fsp3) is 0.385. The van der Waals surface area contributed by atoms with Crippen LogP contribution >= 0.6 is 19.3 Å². The van der Waals surface area contributed by atoms with Crippen LogP contribution in [0.3, 0.4) is 0 Å². The van der Waals surface area contributed by atoms with Crippen molar-refractivity contribution in [2.45, 2.75) is 51.0 Å². The van der Waals surface area contributed by atoms with Crippen molar-refractivity contribution in [3.63, 3.8) is 0 Å². The molecular weight excluding hydrogens is 549 g/mol. The number of ether oxygens (including phenoxy) is 1. The number of hydrogen-bond acceptors (Lipinski definition) is 8. The molecule has 4 rings (SSSR count). The molecule has 0 bridgehead atoms.